The molecule has 1 aromatic heterocycles. The van der Waals surface area contributed by atoms with Crippen LogP contribution in [0.1, 0.15) is 16.7 Å². The maximum Gasteiger partial charge on any atom is 0.189 e. The normalized spacial score (nSPS) is 13.0. The third-order valence-corrected chi connectivity index (χ3v) is 3.93. The predicted molar refractivity (Wildman–Crippen MR) is 97.0 cm³/mol. The van der Waals surface area contributed by atoms with Gasteiger partial charge in [-0.3, -0.25) is 5.10 Å². The molecule has 0 saturated heterocycles. The highest BCUT2D eigenvalue weighted by molar-refractivity contribution is 5.87. The molecule has 0 fully saturated rings. The predicted octanol–water partition coefficient (Wildman–Crippen LogP) is 3.78. The first-order valence-corrected chi connectivity index (χ1v) is 8.12. The molecule has 1 aliphatic rings. The Kier molecular flexibility index (Phi) is 4.51. The number of aromatic amines is 1. The highest BCUT2D eigenvalue weighted by atomic mass is 19.1. The number of halogens is 1. The molecule has 0 saturated carbocycles. The van der Waals surface area contributed by atoms with Crippen molar-refractivity contribution in [3.05, 3.63) is 65.0 Å². The Hall–Kier alpha value is -3.70. The van der Waals surface area contributed by atoms with Crippen molar-refractivity contribution < 1.29 is 13.9 Å². The first-order valence-electron chi connectivity index (χ1n) is 8.12. The van der Waals surface area contributed by atoms with Gasteiger partial charge in [-0.15, -0.1) is 0 Å². The Morgan fingerprint density at radius 1 is 1.30 bits per heavy atom. The van der Waals surface area contributed by atoms with Crippen molar-refractivity contribution in [1.82, 2.24) is 10.2 Å². The van der Waals surface area contributed by atoms with Crippen LogP contribution >= 0.6 is 0 Å². The quantitative estimate of drug-likeness (QED) is 0.688. The minimum absolute atomic E-state index is 0.0954. The van der Waals surface area contributed by atoms with Gasteiger partial charge in [-0.25, -0.2) is 9.38 Å². The molecule has 2 aromatic carbocycles. The highest BCUT2D eigenvalue weighted by Crippen LogP contribution is 2.30. The smallest absolute Gasteiger partial charge is 0.189 e. The van der Waals surface area contributed by atoms with Crippen LogP contribution in [0.4, 0.5) is 21.7 Å². The summed E-state index contributed by atoms with van der Waals surface area (Å²) < 4.78 is 24.4. The Morgan fingerprint density at radius 2 is 2.15 bits per heavy atom. The zero-order valence-corrected chi connectivity index (χ0v) is 14.1. The number of nitrogens with one attached hydrogen (secondary N) is 2. The Bertz CT molecular complexity index is 1040. The molecule has 8 heteroatoms. The van der Waals surface area contributed by atoms with Crippen LogP contribution in [0.25, 0.3) is 0 Å². The molecule has 7 nitrogen and oxygen atoms in total. The lowest BCUT2D eigenvalue weighted by molar-refractivity contribution is -0.0166. The number of nitriles is 1. The molecule has 27 heavy (non-hydrogen) atoms. The van der Waals surface area contributed by atoms with Gasteiger partial charge in [0.25, 0.3) is 0 Å². The van der Waals surface area contributed by atoms with E-state index in [-0.39, 0.29) is 24.8 Å². The number of H-pyrrole nitrogens is 1. The summed E-state index contributed by atoms with van der Waals surface area (Å²) in [4.78, 5) is 4.27. The highest BCUT2D eigenvalue weighted by Gasteiger charge is 2.17. The van der Waals surface area contributed by atoms with Crippen LogP contribution < -0.4 is 10.1 Å². The van der Waals surface area contributed by atoms with E-state index in [1.807, 2.05) is 30.3 Å². The number of anilines is 2. The summed E-state index contributed by atoms with van der Waals surface area (Å²) in [5.41, 5.74) is 2.12. The summed E-state index contributed by atoms with van der Waals surface area (Å²) in [6, 6.07) is 14.1. The van der Waals surface area contributed by atoms with Crippen molar-refractivity contribution in [2.24, 2.45) is 4.99 Å². The van der Waals surface area contributed by atoms with Crippen LogP contribution in [0.2, 0.25) is 0 Å². The SMILES string of the molecule is N#Cc1c(Nc2ccccc2)n[nH]c1/N=C/c1cc(F)cc2c1OCOC2. The fourth-order valence-electron chi connectivity index (χ4n) is 2.72. The summed E-state index contributed by atoms with van der Waals surface area (Å²) in [5, 5.41) is 19.4. The molecule has 0 bridgehead atoms. The molecule has 2 heterocycles. The molecular weight excluding hydrogens is 349 g/mol. The summed E-state index contributed by atoms with van der Waals surface area (Å²) in [6.45, 7) is 0.366. The average molecular weight is 363 g/mol. The summed E-state index contributed by atoms with van der Waals surface area (Å²) in [7, 11) is 0. The van der Waals surface area contributed by atoms with Crippen molar-refractivity contribution in [1.29, 1.82) is 5.26 Å². The molecule has 0 amide bonds. The third-order valence-electron chi connectivity index (χ3n) is 3.93. The van der Waals surface area contributed by atoms with Gasteiger partial charge in [0.05, 0.1) is 6.61 Å². The number of hydrogen-bond acceptors (Lipinski definition) is 6. The van der Waals surface area contributed by atoms with Gasteiger partial charge in [0.15, 0.2) is 18.4 Å². The molecule has 0 atom stereocenters. The topological polar surface area (TPSA) is 95.3 Å². The van der Waals surface area contributed by atoms with Crippen molar-refractivity contribution in [3.8, 4) is 11.8 Å². The number of ether oxygens (including phenoxy) is 2. The van der Waals surface area contributed by atoms with E-state index in [0.717, 1.165) is 5.69 Å². The minimum atomic E-state index is -0.416. The van der Waals surface area contributed by atoms with E-state index >= 15 is 0 Å². The van der Waals surface area contributed by atoms with E-state index in [9.17, 15) is 9.65 Å². The zero-order chi connectivity index (χ0) is 18.6. The number of benzene rings is 2. The first-order chi connectivity index (χ1) is 13.2. The second kappa shape index (κ2) is 7.27. The molecule has 4 rings (SSSR count). The lowest BCUT2D eigenvalue weighted by atomic mass is 10.1. The van der Waals surface area contributed by atoms with Gasteiger partial charge in [0.2, 0.25) is 0 Å². The molecule has 0 spiro atoms. The lowest BCUT2D eigenvalue weighted by Crippen LogP contribution is -2.13. The van der Waals surface area contributed by atoms with Gasteiger partial charge in [-0.2, -0.15) is 10.4 Å². The number of nitrogens with zero attached hydrogens (tertiary/aromatic N) is 3. The Morgan fingerprint density at radius 3 is 2.96 bits per heavy atom. The van der Waals surface area contributed by atoms with Crippen LogP contribution in [0, 0.1) is 17.1 Å². The molecule has 0 aliphatic carbocycles. The standard InChI is InChI=1S/C19H14FN5O2/c20-14-6-12(17-13(7-14)10-26-11-27-17)9-22-18-16(8-21)19(25-24-18)23-15-4-2-1-3-5-15/h1-7,9H,10-11H2,(H2,23,24,25)/b22-9+. The maximum absolute atomic E-state index is 13.8. The van der Waals surface area contributed by atoms with Crippen LogP contribution in [0.5, 0.6) is 5.75 Å². The van der Waals surface area contributed by atoms with Crippen molar-refractivity contribution in [2.45, 2.75) is 6.61 Å². The monoisotopic (exact) mass is 363 g/mol. The average Bonchev–Trinajstić information content (AvgIpc) is 3.08. The molecule has 134 valence electrons. The van der Waals surface area contributed by atoms with Crippen molar-refractivity contribution in [3.63, 3.8) is 0 Å². The summed E-state index contributed by atoms with van der Waals surface area (Å²) >= 11 is 0. The van der Waals surface area contributed by atoms with Crippen molar-refractivity contribution >= 4 is 23.5 Å². The minimum Gasteiger partial charge on any atom is -0.466 e. The van der Waals surface area contributed by atoms with E-state index < -0.39 is 5.82 Å². The molecule has 0 unspecified atom stereocenters. The molecule has 1 aliphatic heterocycles. The van der Waals surface area contributed by atoms with Gasteiger partial charge in [0, 0.05) is 23.0 Å². The van der Waals surface area contributed by atoms with Crippen LogP contribution in [-0.2, 0) is 11.3 Å². The van der Waals surface area contributed by atoms with Crippen LogP contribution in [0.15, 0.2) is 47.5 Å². The lowest BCUT2D eigenvalue weighted by Gasteiger charge is -2.19. The summed E-state index contributed by atoms with van der Waals surface area (Å²) in [6.07, 6.45) is 1.44. The fourth-order valence-corrected chi connectivity index (χ4v) is 2.72. The number of aromatic nitrogens is 2. The first kappa shape index (κ1) is 16.8. The van der Waals surface area contributed by atoms with Gasteiger partial charge >= 0.3 is 0 Å². The van der Waals surface area contributed by atoms with E-state index in [2.05, 4.69) is 26.6 Å². The van der Waals surface area contributed by atoms with Gasteiger partial charge in [0.1, 0.15) is 23.2 Å². The largest absolute Gasteiger partial charge is 0.466 e. The van der Waals surface area contributed by atoms with E-state index in [0.29, 0.717) is 22.7 Å². The molecular formula is C19H14FN5O2. The number of para-hydroxylation sites is 1. The number of fused-ring (bicyclic) bond motifs is 1. The molecule has 0 radical (unpaired) electrons. The third kappa shape index (κ3) is 3.49. The van der Waals surface area contributed by atoms with E-state index in [1.165, 1.54) is 18.3 Å². The van der Waals surface area contributed by atoms with E-state index in [4.69, 9.17) is 9.47 Å². The summed E-state index contributed by atoms with van der Waals surface area (Å²) in [5.74, 6) is 0.732. The maximum atomic E-state index is 13.8. The van der Waals surface area contributed by atoms with Gasteiger partial charge in [-0.1, -0.05) is 18.2 Å². The van der Waals surface area contributed by atoms with Gasteiger partial charge in [-0.05, 0) is 24.3 Å². The molecule has 2 N–H and O–H groups in total. The Labute approximate surface area is 154 Å². The van der Waals surface area contributed by atoms with Crippen LogP contribution in [-0.4, -0.2) is 23.2 Å². The van der Waals surface area contributed by atoms with Crippen molar-refractivity contribution in [2.75, 3.05) is 12.1 Å². The van der Waals surface area contributed by atoms with Crippen LogP contribution in [0.3, 0.4) is 0 Å². The molecule has 3 aromatic rings. The second-order valence-electron chi connectivity index (χ2n) is 5.75. The number of hydrogen-bond donors (Lipinski definition) is 2. The van der Waals surface area contributed by atoms with E-state index in [1.54, 1.807) is 0 Å². The number of aliphatic imine (C=N–C) groups is 1. The Balaban J connectivity index is 1.64. The number of rotatable bonds is 4. The van der Waals surface area contributed by atoms with Gasteiger partial charge < -0.3 is 14.8 Å². The fraction of sp³-hybridized carbons (Fsp3) is 0.105. The zero-order valence-electron chi connectivity index (χ0n) is 14.1. The second-order valence-corrected chi connectivity index (χ2v) is 5.75.